The summed E-state index contributed by atoms with van der Waals surface area (Å²) in [6, 6.07) is 19.8. The van der Waals surface area contributed by atoms with E-state index >= 15 is 0 Å². The Labute approximate surface area is 164 Å². The molecular weight excluding hydrogens is 342 g/mol. The molecule has 5 rings (SSSR count). The van der Waals surface area contributed by atoms with Gasteiger partial charge in [0.1, 0.15) is 6.33 Å². The molecule has 0 amide bonds. The van der Waals surface area contributed by atoms with Crippen molar-refractivity contribution < 1.29 is 0 Å². The SMILES string of the molecule is Cc1ccc2c(ccn2-c2cc(C)c(-n3cnc4cc(C)ccc43)cc2C)c1. The van der Waals surface area contributed by atoms with Crippen molar-refractivity contribution in [2.24, 2.45) is 0 Å². The molecule has 3 heteroatoms. The molecule has 0 saturated heterocycles. The van der Waals surface area contributed by atoms with Crippen molar-refractivity contribution in [2.75, 3.05) is 0 Å². The Kier molecular flexibility index (Phi) is 3.66. The van der Waals surface area contributed by atoms with Gasteiger partial charge in [0.2, 0.25) is 0 Å². The average Bonchev–Trinajstić information content (AvgIpc) is 3.26. The van der Waals surface area contributed by atoms with E-state index in [1.165, 1.54) is 44.5 Å². The van der Waals surface area contributed by atoms with E-state index in [-0.39, 0.29) is 0 Å². The predicted octanol–water partition coefficient (Wildman–Crippen LogP) is 6.20. The Morgan fingerprint density at radius 3 is 2.04 bits per heavy atom. The number of hydrogen-bond acceptors (Lipinski definition) is 1. The van der Waals surface area contributed by atoms with E-state index in [1.54, 1.807) is 0 Å². The number of fused-ring (bicyclic) bond motifs is 2. The van der Waals surface area contributed by atoms with Gasteiger partial charge in [0.05, 0.1) is 22.2 Å². The zero-order valence-corrected chi connectivity index (χ0v) is 16.7. The van der Waals surface area contributed by atoms with Crippen molar-refractivity contribution in [3.8, 4) is 11.4 Å². The predicted molar refractivity (Wildman–Crippen MR) is 117 cm³/mol. The van der Waals surface area contributed by atoms with Crippen LogP contribution in [0.15, 0.2) is 67.1 Å². The van der Waals surface area contributed by atoms with Crippen LogP contribution in [-0.2, 0) is 0 Å². The molecule has 2 heterocycles. The van der Waals surface area contributed by atoms with E-state index in [4.69, 9.17) is 0 Å². The van der Waals surface area contributed by atoms with Gasteiger partial charge in [0.25, 0.3) is 0 Å². The van der Waals surface area contributed by atoms with Gasteiger partial charge in [-0.2, -0.15) is 0 Å². The van der Waals surface area contributed by atoms with Crippen molar-refractivity contribution in [2.45, 2.75) is 27.7 Å². The van der Waals surface area contributed by atoms with Crippen LogP contribution in [0.4, 0.5) is 0 Å². The highest BCUT2D eigenvalue weighted by molar-refractivity contribution is 5.83. The van der Waals surface area contributed by atoms with E-state index in [1.807, 2.05) is 6.33 Å². The van der Waals surface area contributed by atoms with Gasteiger partial charge in [0, 0.05) is 17.3 Å². The van der Waals surface area contributed by atoms with Gasteiger partial charge in [-0.25, -0.2) is 4.98 Å². The molecule has 5 aromatic rings. The number of hydrogen-bond donors (Lipinski definition) is 0. The third-order valence-corrected chi connectivity index (χ3v) is 5.58. The summed E-state index contributed by atoms with van der Waals surface area (Å²) in [5.41, 5.74) is 10.8. The fourth-order valence-electron chi connectivity index (χ4n) is 4.09. The normalized spacial score (nSPS) is 11.6. The van der Waals surface area contributed by atoms with Crippen LogP contribution in [0.1, 0.15) is 22.3 Å². The minimum absolute atomic E-state index is 1.04. The topological polar surface area (TPSA) is 22.8 Å². The Bertz CT molecular complexity index is 1250. The maximum absolute atomic E-state index is 4.61. The van der Waals surface area contributed by atoms with Crippen molar-refractivity contribution >= 4 is 21.9 Å². The minimum atomic E-state index is 1.04. The monoisotopic (exact) mass is 365 g/mol. The zero-order chi connectivity index (χ0) is 19.4. The highest BCUT2D eigenvalue weighted by Gasteiger charge is 2.12. The first kappa shape index (κ1) is 16.8. The molecular formula is C25H23N3. The molecule has 3 aromatic carbocycles. The second-order valence-electron chi connectivity index (χ2n) is 7.78. The van der Waals surface area contributed by atoms with Gasteiger partial charge in [0.15, 0.2) is 0 Å². The summed E-state index contributed by atoms with van der Waals surface area (Å²) in [6.45, 7) is 8.60. The number of aryl methyl sites for hydroxylation is 4. The number of rotatable bonds is 2. The summed E-state index contributed by atoms with van der Waals surface area (Å²) < 4.78 is 4.48. The number of nitrogens with zero attached hydrogens (tertiary/aromatic N) is 3. The number of imidazole rings is 1. The molecule has 0 radical (unpaired) electrons. The minimum Gasteiger partial charge on any atom is -0.316 e. The first-order valence-electron chi connectivity index (χ1n) is 9.65. The van der Waals surface area contributed by atoms with Gasteiger partial charge < -0.3 is 4.57 Å². The van der Waals surface area contributed by atoms with Crippen LogP contribution in [0.2, 0.25) is 0 Å². The third-order valence-electron chi connectivity index (χ3n) is 5.58. The molecule has 0 aliphatic rings. The fraction of sp³-hybridized carbons (Fsp3) is 0.160. The maximum Gasteiger partial charge on any atom is 0.100 e. The fourth-order valence-corrected chi connectivity index (χ4v) is 4.09. The molecule has 0 bridgehead atoms. The molecule has 0 aliphatic carbocycles. The van der Waals surface area contributed by atoms with E-state index in [0.29, 0.717) is 0 Å². The Morgan fingerprint density at radius 2 is 1.29 bits per heavy atom. The van der Waals surface area contributed by atoms with Crippen molar-refractivity contribution in [1.29, 1.82) is 0 Å². The highest BCUT2D eigenvalue weighted by atomic mass is 15.1. The molecule has 0 aliphatic heterocycles. The summed E-state index contributed by atoms with van der Waals surface area (Å²) >= 11 is 0. The first-order chi connectivity index (χ1) is 13.5. The quantitative estimate of drug-likeness (QED) is 0.365. The summed E-state index contributed by atoms with van der Waals surface area (Å²) in [7, 11) is 0. The van der Waals surface area contributed by atoms with Crippen molar-refractivity contribution in [3.05, 3.63) is 89.4 Å². The smallest absolute Gasteiger partial charge is 0.100 e. The van der Waals surface area contributed by atoms with Gasteiger partial charge in [-0.05, 0) is 86.8 Å². The van der Waals surface area contributed by atoms with E-state index < -0.39 is 0 Å². The maximum atomic E-state index is 4.61. The van der Waals surface area contributed by atoms with Crippen LogP contribution in [0.25, 0.3) is 33.3 Å². The lowest BCUT2D eigenvalue weighted by Gasteiger charge is -2.15. The van der Waals surface area contributed by atoms with E-state index in [0.717, 1.165) is 11.0 Å². The Morgan fingerprint density at radius 1 is 0.643 bits per heavy atom. The molecule has 2 aromatic heterocycles. The van der Waals surface area contributed by atoms with Crippen LogP contribution in [0, 0.1) is 27.7 Å². The second kappa shape index (κ2) is 6.10. The molecule has 3 nitrogen and oxygen atoms in total. The van der Waals surface area contributed by atoms with Crippen LogP contribution < -0.4 is 0 Å². The number of benzene rings is 3. The van der Waals surface area contributed by atoms with Crippen molar-refractivity contribution in [1.82, 2.24) is 14.1 Å². The van der Waals surface area contributed by atoms with Crippen LogP contribution in [-0.4, -0.2) is 14.1 Å². The summed E-state index contributed by atoms with van der Waals surface area (Å²) in [6.07, 6.45) is 4.10. The third kappa shape index (κ3) is 2.55. The van der Waals surface area contributed by atoms with Gasteiger partial charge in [-0.15, -0.1) is 0 Å². The number of aromatic nitrogens is 3. The van der Waals surface area contributed by atoms with Crippen LogP contribution in [0.3, 0.4) is 0 Å². The first-order valence-corrected chi connectivity index (χ1v) is 9.65. The molecule has 28 heavy (non-hydrogen) atoms. The molecule has 0 spiro atoms. The average molecular weight is 365 g/mol. The van der Waals surface area contributed by atoms with Gasteiger partial charge >= 0.3 is 0 Å². The Balaban J connectivity index is 1.68. The zero-order valence-electron chi connectivity index (χ0n) is 16.7. The standard InChI is InChI=1S/C25H23N3/c1-16-5-7-22-20(11-16)9-10-27(22)24-13-19(4)25(14-18(24)3)28-15-26-21-12-17(2)6-8-23(21)28/h5-15H,1-4H3. The lowest BCUT2D eigenvalue weighted by atomic mass is 10.1. The van der Waals surface area contributed by atoms with E-state index in [2.05, 4.69) is 103 Å². The van der Waals surface area contributed by atoms with Gasteiger partial charge in [-0.3, -0.25) is 4.57 Å². The van der Waals surface area contributed by atoms with E-state index in [9.17, 15) is 0 Å². The van der Waals surface area contributed by atoms with Crippen LogP contribution in [0.5, 0.6) is 0 Å². The molecule has 138 valence electrons. The molecule has 0 N–H and O–H groups in total. The molecule has 0 atom stereocenters. The van der Waals surface area contributed by atoms with Gasteiger partial charge in [-0.1, -0.05) is 17.7 Å². The van der Waals surface area contributed by atoms with Crippen LogP contribution >= 0.6 is 0 Å². The Hall–Kier alpha value is -3.33. The van der Waals surface area contributed by atoms with Crippen molar-refractivity contribution in [3.63, 3.8) is 0 Å². The molecule has 0 fully saturated rings. The highest BCUT2D eigenvalue weighted by Crippen LogP contribution is 2.29. The summed E-state index contributed by atoms with van der Waals surface area (Å²) in [4.78, 5) is 4.61. The summed E-state index contributed by atoms with van der Waals surface area (Å²) in [5, 5.41) is 1.28. The largest absolute Gasteiger partial charge is 0.316 e. The molecule has 0 saturated carbocycles. The second-order valence-corrected chi connectivity index (χ2v) is 7.78. The summed E-state index contributed by atoms with van der Waals surface area (Å²) in [5.74, 6) is 0. The molecule has 0 unspecified atom stereocenters. The lowest BCUT2D eigenvalue weighted by molar-refractivity contribution is 1.04. The lowest BCUT2D eigenvalue weighted by Crippen LogP contribution is -2.01.